The van der Waals surface area contributed by atoms with Gasteiger partial charge < -0.3 is 15.4 Å². The fraction of sp³-hybridized carbons (Fsp3) is 0.300. The summed E-state index contributed by atoms with van der Waals surface area (Å²) in [6, 6.07) is 9.96. The van der Waals surface area contributed by atoms with Gasteiger partial charge in [-0.3, -0.25) is 19.6 Å². The number of hydrogen-bond acceptors (Lipinski definition) is 7. The molecule has 8 nitrogen and oxygen atoms in total. The van der Waals surface area contributed by atoms with Gasteiger partial charge in [0, 0.05) is 42.6 Å². The molecule has 1 atom stereocenters. The average Bonchev–Trinajstić information content (AvgIpc) is 2.99. The van der Waals surface area contributed by atoms with E-state index in [0.717, 1.165) is 48.9 Å². The van der Waals surface area contributed by atoms with Crippen molar-refractivity contribution in [3.05, 3.63) is 98.1 Å². The summed E-state index contributed by atoms with van der Waals surface area (Å²) < 4.78 is 6.18. The molecule has 2 N–H and O–H groups in total. The third-order valence-electron chi connectivity index (χ3n) is 7.50. The molecule has 0 aliphatic heterocycles. The molecule has 2 aliphatic carbocycles. The summed E-state index contributed by atoms with van der Waals surface area (Å²) >= 11 is 15.7. The number of esters is 1. The van der Waals surface area contributed by atoms with E-state index in [9.17, 15) is 14.4 Å². The van der Waals surface area contributed by atoms with Gasteiger partial charge in [-0.05, 0) is 64.2 Å². The number of hydrogen-bond donors (Lipinski definition) is 2. The Labute approximate surface area is 256 Å². The molecule has 1 amide bonds. The van der Waals surface area contributed by atoms with Gasteiger partial charge in [0.1, 0.15) is 12.6 Å². The van der Waals surface area contributed by atoms with E-state index < -0.39 is 23.3 Å². The topological polar surface area (TPSA) is 110 Å². The second-order valence-electron chi connectivity index (χ2n) is 10.2. The van der Waals surface area contributed by atoms with Gasteiger partial charge in [-0.25, -0.2) is 4.79 Å². The van der Waals surface area contributed by atoms with Crippen LogP contribution in [0.1, 0.15) is 53.6 Å². The summed E-state index contributed by atoms with van der Waals surface area (Å²) in [6.45, 7) is 0.106. The third-order valence-corrected chi connectivity index (χ3v) is 8.83. The molecule has 1 aromatic carbocycles. The molecule has 2 aliphatic rings. The molecule has 0 saturated heterocycles. The van der Waals surface area contributed by atoms with Crippen LogP contribution in [0.2, 0.25) is 10.0 Å². The number of pyridine rings is 2. The van der Waals surface area contributed by atoms with Crippen molar-refractivity contribution < 1.29 is 19.1 Å². The summed E-state index contributed by atoms with van der Waals surface area (Å²) in [4.78, 5) is 46.9. The monoisotopic (exact) mass is 656 g/mol. The smallest absolute Gasteiger partial charge is 0.329 e. The summed E-state index contributed by atoms with van der Waals surface area (Å²) in [7, 11) is 0. The predicted octanol–water partition coefficient (Wildman–Crippen LogP) is 6.42. The van der Waals surface area contributed by atoms with Crippen LogP contribution in [-0.4, -0.2) is 33.7 Å². The number of allylic oxidation sites excluding steroid dienone is 2. The number of halogens is 3. The number of anilines is 1. The van der Waals surface area contributed by atoms with Crippen LogP contribution < -0.4 is 10.6 Å². The normalized spacial score (nSPS) is 16.6. The molecule has 2 aromatic heterocycles. The number of benzene rings is 1. The van der Waals surface area contributed by atoms with Crippen LogP contribution >= 0.6 is 39.1 Å². The summed E-state index contributed by atoms with van der Waals surface area (Å²) in [6.07, 6.45) is 10.9. The first-order chi connectivity index (χ1) is 19.8. The fourth-order valence-corrected chi connectivity index (χ4v) is 6.71. The fourth-order valence-electron chi connectivity index (χ4n) is 5.30. The Morgan fingerprint density at radius 3 is 2.27 bits per heavy atom. The molecule has 5 rings (SSSR count). The second kappa shape index (κ2) is 12.7. The van der Waals surface area contributed by atoms with E-state index >= 15 is 0 Å². The maximum Gasteiger partial charge on any atom is 0.329 e. The van der Waals surface area contributed by atoms with Crippen LogP contribution in [0.25, 0.3) is 0 Å². The molecular formula is C30H27BrCl2N4O4. The number of carbonyl (C=O) groups is 3. The van der Waals surface area contributed by atoms with Crippen molar-refractivity contribution in [1.82, 2.24) is 15.3 Å². The van der Waals surface area contributed by atoms with Gasteiger partial charge in [-0.1, -0.05) is 54.6 Å². The Hall–Kier alpha value is -3.27. The molecule has 0 radical (unpaired) electrons. The molecule has 1 unspecified atom stereocenters. The lowest BCUT2D eigenvalue weighted by atomic mass is 9.62. The molecule has 0 bridgehead atoms. The number of rotatable bonds is 9. The van der Waals surface area contributed by atoms with Gasteiger partial charge in [0.15, 0.2) is 5.78 Å². The first-order valence-electron chi connectivity index (χ1n) is 13.2. The molecule has 1 saturated carbocycles. The van der Waals surface area contributed by atoms with Crippen LogP contribution in [0, 0.1) is 5.41 Å². The number of aromatic nitrogens is 2. The molecule has 212 valence electrons. The van der Waals surface area contributed by atoms with E-state index in [4.69, 9.17) is 27.9 Å². The third kappa shape index (κ3) is 6.32. The highest BCUT2D eigenvalue weighted by atomic mass is 79.9. The number of nitrogens with zero attached hydrogens (tertiary/aromatic N) is 2. The first-order valence-corrected chi connectivity index (χ1v) is 14.8. The largest absolute Gasteiger partial charge is 0.459 e. The minimum Gasteiger partial charge on any atom is -0.459 e. The minimum absolute atomic E-state index is 0.0955. The highest BCUT2D eigenvalue weighted by Gasteiger charge is 2.53. The predicted molar refractivity (Wildman–Crippen MR) is 160 cm³/mol. The lowest BCUT2D eigenvalue weighted by Crippen LogP contribution is -2.53. The zero-order valence-electron chi connectivity index (χ0n) is 22.0. The Morgan fingerprint density at radius 2 is 1.61 bits per heavy atom. The van der Waals surface area contributed by atoms with E-state index in [1.807, 2.05) is 12.1 Å². The molecule has 3 aromatic rings. The number of ether oxygens (including phenoxy) is 1. The molecule has 1 fully saturated rings. The molecule has 11 heteroatoms. The number of amides is 1. The molecule has 41 heavy (non-hydrogen) atoms. The van der Waals surface area contributed by atoms with Crippen LogP contribution in [0.15, 0.2) is 71.4 Å². The van der Waals surface area contributed by atoms with Crippen molar-refractivity contribution >= 4 is 62.5 Å². The van der Waals surface area contributed by atoms with Crippen LogP contribution in [-0.2, 0) is 27.4 Å². The maximum absolute atomic E-state index is 13.4. The van der Waals surface area contributed by atoms with Crippen LogP contribution in [0.3, 0.4) is 0 Å². The van der Waals surface area contributed by atoms with E-state index in [2.05, 4.69) is 36.5 Å². The number of Topliss-reactive ketones (excluding diaryl/α,β-unsaturated/α-hetero) is 1. The Kier molecular flexibility index (Phi) is 9.06. The Bertz CT molecular complexity index is 1470. The highest BCUT2D eigenvalue weighted by Crippen LogP contribution is 2.53. The molecule has 2 heterocycles. The molecule has 1 spiro atoms. The van der Waals surface area contributed by atoms with Gasteiger partial charge in [0.05, 0.1) is 25.5 Å². The Morgan fingerprint density at radius 1 is 0.951 bits per heavy atom. The summed E-state index contributed by atoms with van der Waals surface area (Å²) in [5.41, 5.74) is 2.54. The van der Waals surface area contributed by atoms with Gasteiger partial charge in [-0.2, -0.15) is 0 Å². The highest BCUT2D eigenvalue weighted by molar-refractivity contribution is 9.12. The van der Waals surface area contributed by atoms with E-state index in [0.29, 0.717) is 16.6 Å². The van der Waals surface area contributed by atoms with Gasteiger partial charge >= 0.3 is 5.97 Å². The first kappa shape index (κ1) is 29.2. The molecular weight excluding hydrogens is 631 g/mol. The van der Waals surface area contributed by atoms with Crippen LogP contribution in [0.4, 0.5) is 5.69 Å². The van der Waals surface area contributed by atoms with Crippen molar-refractivity contribution in [2.75, 3.05) is 5.32 Å². The number of ketones is 1. The second-order valence-corrected chi connectivity index (χ2v) is 11.8. The number of carbonyl (C=O) groups excluding carboxylic acids is 3. The summed E-state index contributed by atoms with van der Waals surface area (Å²) in [5, 5.41) is 6.46. The average molecular weight is 658 g/mol. The summed E-state index contributed by atoms with van der Waals surface area (Å²) in [5.74, 6) is -0.795. The quantitative estimate of drug-likeness (QED) is 0.256. The van der Waals surface area contributed by atoms with E-state index in [1.54, 1.807) is 36.7 Å². The van der Waals surface area contributed by atoms with Crippen molar-refractivity contribution in [3.63, 3.8) is 0 Å². The lowest BCUT2D eigenvalue weighted by Gasteiger charge is -2.46. The van der Waals surface area contributed by atoms with E-state index in [1.165, 1.54) is 12.4 Å². The van der Waals surface area contributed by atoms with E-state index in [-0.39, 0.29) is 28.0 Å². The maximum atomic E-state index is 13.4. The van der Waals surface area contributed by atoms with Crippen molar-refractivity contribution in [1.29, 1.82) is 0 Å². The van der Waals surface area contributed by atoms with Gasteiger partial charge in [0.25, 0.3) is 5.91 Å². The standard InChI is InChI=1S/C30H27BrCl2N4O4/c31-25-26(30(27(25)38)10-2-1-3-11-30)37-23(29(40)41-17-19-8-12-34-13-9-19)14-18-4-6-20(7-5-18)36-28(39)24-21(32)15-35-16-22(24)33/h4-9,12-13,15-16,23,37H,1-3,10-11,14,17H2,(H,36,39). The van der Waals surface area contributed by atoms with Gasteiger partial charge in [-0.15, -0.1) is 0 Å². The van der Waals surface area contributed by atoms with Crippen molar-refractivity contribution in [2.45, 2.75) is 51.2 Å². The van der Waals surface area contributed by atoms with Crippen LogP contribution in [0.5, 0.6) is 0 Å². The lowest BCUT2D eigenvalue weighted by molar-refractivity contribution is -0.147. The zero-order chi connectivity index (χ0) is 29.0. The Balaban J connectivity index is 1.32. The van der Waals surface area contributed by atoms with Crippen molar-refractivity contribution in [2.24, 2.45) is 5.41 Å². The van der Waals surface area contributed by atoms with Gasteiger partial charge in [0.2, 0.25) is 0 Å². The van der Waals surface area contributed by atoms with Crippen molar-refractivity contribution in [3.8, 4) is 0 Å². The SMILES string of the molecule is O=C(Nc1ccc(CC(NC2=C(Br)C(=O)C23CCCCC3)C(=O)OCc2ccncc2)cc1)c1c(Cl)cncc1Cl. The zero-order valence-corrected chi connectivity index (χ0v) is 25.1. The minimum atomic E-state index is -0.735. The number of nitrogens with one attached hydrogen (secondary N) is 2.